The highest BCUT2D eigenvalue weighted by Crippen LogP contribution is 2.52. The molecular formula is C29H25FN2O7. The summed E-state index contributed by atoms with van der Waals surface area (Å²) in [6, 6.07) is 7.60. The summed E-state index contributed by atoms with van der Waals surface area (Å²) in [6.45, 7) is 0. The van der Waals surface area contributed by atoms with Crippen molar-refractivity contribution in [2.45, 2.75) is 24.5 Å². The molecule has 2 aromatic carbocycles. The number of rotatable bonds is 2. The molecule has 4 atom stereocenters. The van der Waals surface area contributed by atoms with Crippen LogP contribution in [0.2, 0.25) is 0 Å². The molecule has 0 spiro atoms. The molecule has 0 saturated carbocycles. The van der Waals surface area contributed by atoms with Gasteiger partial charge in [0.25, 0.3) is 5.91 Å². The van der Waals surface area contributed by atoms with Crippen molar-refractivity contribution in [2.75, 3.05) is 14.1 Å². The smallest absolute Gasteiger partial charge is 0.255 e. The van der Waals surface area contributed by atoms with E-state index in [9.17, 15) is 39.2 Å². The molecule has 0 aliphatic heterocycles. The fraction of sp³-hybridized carbons (Fsp3) is 0.276. The number of amides is 1. The van der Waals surface area contributed by atoms with Gasteiger partial charge in [-0.05, 0) is 62.7 Å². The standard InChI is InChI=1S/C29H25FN2O7/c1-32(2)23-17-12-15-11-16-13(7-8-14-5-3-4-6-18(14)30)9-10-19(33)21(16)24(34)20(15)26(36)29(17,39)27(37)22(25(23)35)28(31)38/h3-6,9-10,15,17,23,33,35-36,39H,11-12H2,1-2H3,(H2,31,38)/t15-,17-,23-,29-/m1/s1. The van der Waals surface area contributed by atoms with Gasteiger partial charge in [0.15, 0.2) is 11.4 Å². The number of carbonyl (C=O) groups is 3. The van der Waals surface area contributed by atoms with E-state index in [2.05, 4.69) is 11.8 Å². The van der Waals surface area contributed by atoms with Gasteiger partial charge >= 0.3 is 0 Å². The third kappa shape index (κ3) is 3.73. The van der Waals surface area contributed by atoms with Crippen molar-refractivity contribution in [1.82, 2.24) is 4.90 Å². The minimum atomic E-state index is -2.71. The molecule has 0 bridgehead atoms. The number of aliphatic hydroxyl groups excluding tert-OH is 2. The maximum Gasteiger partial charge on any atom is 0.255 e. The van der Waals surface area contributed by atoms with Crippen LogP contribution in [0.15, 0.2) is 59.1 Å². The molecule has 5 rings (SSSR count). The summed E-state index contributed by atoms with van der Waals surface area (Å²) in [7, 11) is 3.11. The highest BCUT2D eigenvalue weighted by molar-refractivity contribution is 6.24. The summed E-state index contributed by atoms with van der Waals surface area (Å²) in [5, 5.41) is 44.4. The number of ketones is 2. The Labute approximate surface area is 222 Å². The normalized spacial score (nSPS) is 26.0. The average Bonchev–Trinajstić information content (AvgIpc) is 2.86. The number of hydrogen-bond acceptors (Lipinski definition) is 8. The molecule has 9 nitrogen and oxygen atoms in total. The maximum atomic E-state index is 14.1. The fourth-order valence-corrected chi connectivity index (χ4v) is 6.07. The Bertz CT molecular complexity index is 1600. The monoisotopic (exact) mass is 532 g/mol. The lowest BCUT2D eigenvalue weighted by Gasteiger charge is -2.50. The number of nitrogens with zero attached hydrogens (tertiary/aromatic N) is 1. The summed E-state index contributed by atoms with van der Waals surface area (Å²) in [5.41, 5.74) is 2.23. The van der Waals surface area contributed by atoms with Crippen molar-refractivity contribution in [3.63, 3.8) is 0 Å². The van der Waals surface area contributed by atoms with Crippen LogP contribution in [0.3, 0.4) is 0 Å². The lowest BCUT2D eigenvalue weighted by Crippen LogP contribution is -2.63. The van der Waals surface area contributed by atoms with Crippen LogP contribution in [0.1, 0.15) is 33.5 Å². The molecule has 1 amide bonds. The number of Topliss-reactive ketones (excluding diaryl/α,β-unsaturated/α-hetero) is 2. The number of hydrogen-bond donors (Lipinski definition) is 5. The number of aromatic hydroxyl groups is 1. The van der Waals surface area contributed by atoms with Crippen molar-refractivity contribution in [3.8, 4) is 17.6 Å². The Hall–Kier alpha value is -4.46. The number of allylic oxidation sites excluding steroid dienone is 1. The van der Waals surface area contributed by atoms with Crippen molar-refractivity contribution in [2.24, 2.45) is 17.6 Å². The number of phenols is 1. The van der Waals surface area contributed by atoms with Gasteiger partial charge in [-0.25, -0.2) is 4.39 Å². The van der Waals surface area contributed by atoms with Gasteiger partial charge < -0.3 is 26.2 Å². The SMILES string of the molecule is CN(C)[C@H]1C(O)=C(C(N)=O)C(=O)[C@]2(O)C(O)=C3C(=O)c4c(O)ccc(C#Cc5ccccc5F)c4C[C@@H]3C[C@H]12. The average molecular weight is 533 g/mol. The van der Waals surface area contributed by atoms with E-state index in [4.69, 9.17) is 5.73 Å². The van der Waals surface area contributed by atoms with Gasteiger partial charge in [0.05, 0.1) is 17.2 Å². The van der Waals surface area contributed by atoms with E-state index < -0.39 is 69.6 Å². The first-order valence-corrected chi connectivity index (χ1v) is 12.2. The number of phenolic OH excluding ortho intramolecular Hbond substituents is 1. The second-order valence-corrected chi connectivity index (χ2v) is 10.2. The topological polar surface area (TPSA) is 161 Å². The molecular weight excluding hydrogens is 507 g/mol. The number of fused-ring (bicyclic) bond motifs is 3. The second-order valence-electron chi connectivity index (χ2n) is 10.2. The van der Waals surface area contributed by atoms with Crippen molar-refractivity contribution in [3.05, 3.63) is 87.1 Å². The van der Waals surface area contributed by atoms with E-state index in [1.54, 1.807) is 20.2 Å². The van der Waals surface area contributed by atoms with Crippen molar-refractivity contribution < 1.29 is 39.2 Å². The Balaban J connectivity index is 1.68. The Kier molecular flexibility index (Phi) is 6.09. The van der Waals surface area contributed by atoms with Gasteiger partial charge in [-0.15, -0.1) is 0 Å². The lowest BCUT2D eigenvalue weighted by atomic mass is 9.58. The zero-order chi connectivity index (χ0) is 28.4. The molecule has 2 aromatic rings. The van der Waals surface area contributed by atoms with Crippen LogP contribution in [0.4, 0.5) is 4.39 Å². The number of likely N-dealkylation sites (N-methyl/N-ethyl adjacent to an activating group) is 1. The molecule has 0 aromatic heterocycles. The van der Waals surface area contributed by atoms with Gasteiger partial charge in [0.2, 0.25) is 5.78 Å². The zero-order valence-corrected chi connectivity index (χ0v) is 21.0. The van der Waals surface area contributed by atoms with Gasteiger partial charge in [-0.3, -0.25) is 19.3 Å². The van der Waals surface area contributed by atoms with Crippen LogP contribution in [0.25, 0.3) is 0 Å². The number of nitrogens with two attached hydrogens (primary N) is 1. The summed E-state index contributed by atoms with van der Waals surface area (Å²) in [5.74, 6) is -2.14. The van der Waals surface area contributed by atoms with E-state index in [1.165, 1.54) is 35.2 Å². The van der Waals surface area contributed by atoms with E-state index >= 15 is 0 Å². The van der Waals surface area contributed by atoms with Crippen LogP contribution in [0.5, 0.6) is 5.75 Å². The summed E-state index contributed by atoms with van der Waals surface area (Å²) in [6.07, 6.45) is 0.0474. The van der Waals surface area contributed by atoms with Crippen LogP contribution in [0, 0.1) is 29.5 Å². The highest BCUT2D eigenvalue weighted by atomic mass is 19.1. The quantitative estimate of drug-likeness (QED) is 0.288. The van der Waals surface area contributed by atoms with Crippen LogP contribution >= 0.6 is 0 Å². The number of benzene rings is 2. The zero-order valence-electron chi connectivity index (χ0n) is 21.0. The summed E-state index contributed by atoms with van der Waals surface area (Å²) >= 11 is 0. The van der Waals surface area contributed by atoms with Gasteiger partial charge in [0.1, 0.15) is 28.7 Å². The minimum absolute atomic E-state index is 0.0401. The van der Waals surface area contributed by atoms with Gasteiger partial charge in [0, 0.05) is 17.1 Å². The van der Waals surface area contributed by atoms with Gasteiger partial charge in [-0.1, -0.05) is 24.0 Å². The fourth-order valence-electron chi connectivity index (χ4n) is 6.07. The van der Waals surface area contributed by atoms with Crippen LogP contribution < -0.4 is 5.73 Å². The third-order valence-electron chi connectivity index (χ3n) is 7.81. The van der Waals surface area contributed by atoms with Crippen molar-refractivity contribution in [1.29, 1.82) is 0 Å². The predicted octanol–water partition coefficient (Wildman–Crippen LogP) is 1.66. The predicted molar refractivity (Wildman–Crippen MR) is 136 cm³/mol. The molecule has 0 saturated heterocycles. The first-order valence-electron chi connectivity index (χ1n) is 12.2. The summed E-state index contributed by atoms with van der Waals surface area (Å²) in [4.78, 5) is 40.6. The van der Waals surface area contributed by atoms with Crippen LogP contribution in [-0.4, -0.2) is 68.5 Å². The first kappa shape index (κ1) is 26.2. The van der Waals surface area contributed by atoms with Crippen molar-refractivity contribution >= 4 is 17.5 Å². The Morgan fingerprint density at radius 3 is 2.38 bits per heavy atom. The molecule has 3 aliphatic rings. The molecule has 39 heavy (non-hydrogen) atoms. The first-order chi connectivity index (χ1) is 18.4. The van der Waals surface area contributed by atoms with E-state index in [0.717, 1.165) is 0 Å². The number of aliphatic hydroxyl groups is 3. The molecule has 3 aliphatic carbocycles. The van der Waals surface area contributed by atoms with E-state index in [1.807, 2.05) is 0 Å². The Morgan fingerprint density at radius 2 is 1.74 bits per heavy atom. The number of halogens is 1. The summed E-state index contributed by atoms with van der Waals surface area (Å²) < 4.78 is 14.1. The molecule has 200 valence electrons. The lowest BCUT2D eigenvalue weighted by molar-refractivity contribution is -0.148. The molecule has 0 unspecified atom stereocenters. The molecule has 10 heteroatoms. The number of primary amides is 1. The largest absolute Gasteiger partial charge is 0.510 e. The number of carbonyl (C=O) groups excluding carboxylic acids is 3. The minimum Gasteiger partial charge on any atom is -0.510 e. The van der Waals surface area contributed by atoms with E-state index in [-0.39, 0.29) is 29.5 Å². The van der Waals surface area contributed by atoms with E-state index in [0.29, 0.717) is 11.1 Å². The third-order valence-corrected chi connectivity index (χ3v) is 7.81. The molecule has 0 fully saturated rings. The molecule has 0 heterocycles. The second kappa shape index (κ2) is 9.08. The highest BCUT2D eigenvalue weighted by Gasteiger charge is 2.63. The van der Waals surface area contributed by atoms with Gasteiger partial charge in [-0.2, -0.15) is 0 Å². The maximum absolute atomic E-state index is 14.1. The van der Waals surface area contributed by atoms with Crippen LogP contribution in [-0.2, 0) is 16.0 Å². The Morgan fingerprint density at radius 1 is 1.08 bits per heavy atom. The molecule has 6 N–H and O–H groups in total. The molecule has 0 radical (unpaired) electrons.